The molecule has 1 aromatic carbocycles. The zero-order valence-electron chi connectivity index (χ0n) is 8.41. The van der Waals surface area contributed by atoms with E-state index in [-0.39, 0.29) is 5.91 Å². The number of benzene rings is 1. The average Bonchev–Trinajstić information content (AvgIpc) is 2.21. The van der Waals surface area contributed by atoms with Gasteiger partial charge in [0.15, 0.2) is 0 Å². The molecule has 1 atom stereocenters. The summed E-state index contributed by atoms with van der Waals surface area (Å²) >= 11 is 0. The molecule has 78 valence electrons. The van der Waals surface area contributed by atoms with E-state index in [1.807, 2.05) is 25.1 Å². The molecule has 0 spiro atoms. The first-order valence-corrected chi connectivity index (χ1v) is 4.81. The number of carbonyl (C=O) groups is 2. The molecular weight excluding hydrogens is 192 g/mol. The summed E-state index contributed by atoms with van der Waals surface area (Å²) < 4.78 is 0. The largest absolute Gasteiger partial charge is 0.347 e. The molecule has 1 unspecified atom stereocenters. The lowest BCUT2D eigenvalue weighted by Gasteiger charge is -2.25. The molecule has 0 saturated heterocycles. The van der Waals surface area contributed by atoms with Gasteiger partial charge in [-0.25, -0.2) is 0 Å². The maximum atomic E-state index is 11.6. The summed E-state index contributed by atoms with van der Waals surface area (Å²) in [6.07, 6.45) is 1.12. The predicted octanol–water partition coefficient (Wildman–Crippen LogP) is 0.604. The smallest absolute Gasteiger partial charge is 0.247 e. The first kappa shape index (κ1) is 9.71. The first-order chi connectivity index (χ1) is 7.22. The highest BCUT2D eigenvalue weighted by Gasteiger charge is 2.25. The van der Waals surface area contributed by atoms with Gasteiger partial charge in [0.1, 0.15) is 6.04 Å². The quantitative estimate of drug-likeness (QED) is 0.693. The van der Waals surface area contributed by atoms with Gasteiger partial charge in [0.25, 0.3) is 0 Å². The van der Waals surface area contributed by atoms with Gasteiger partial charge in [-0.2, -0.15) is 0 Å². The molecule has 2 amide bonds. The molecule has 0 aliphatic carbocycles. The van der Waals surface area contributed by atoms with Crippen LogP contribution in [0.15, 0.2) is 18.2 Å². The number of hydrogen-bond acceptors (Lipinski definition) is 2. The summed E-state index contributed by atoms with van der Waals surface area (Å²) in [6, 6.07) is 5.41. The Morgan fingerprint density at radius 1 is 1.53 bits per heavy atom. The number of nitrogens with one attached hydrogen (secondary N) is 2. The van der Waals surface area contributed by atoms with Gasteiger partial charge in [0.2, 0.25) is 12.3 Å². The number of anilines is 1. The number of hydrogen-bond donors (Lipinski definition) is 2. The fourth-order valence-electron chi connectivity index (χ4n) is 1.82. The second-order valence-electron chi connectivity index (χ2n) is 3.64. The van der Waals surface area contributed by atoms with E-state index in [0.29, 0.717) is 12.8 Å². The van der Waals surface area contributed by atoms with Gasteiger partial charge in [-0.15, -0.1) is 0 Å². The first-order valence-electron chi connectivity index (χ1n) is 4.81. The molecule has 0 aromatic heterocycles. The van der Waals surface area contributed by atoms with Crippen molar-refractivity contribution in [3.8, 4) is 0 Å². The monoisotopic (exact) mass is 204 g/mol. The van der Waals surface area contributed by atoms with Crippen LogP contribution in [0, 0.1) is 6.92 Å². The van der Waals surface area contributed by atoms with Gasteiger partial charge < -0.3 is 10.6 Å². The highest BCUT2D eigenvalue weighted by Crippen LogP contribution is 2.25. The zero-order chi connectivity index (χ0) is 10.8. The van der Waals surface area contributed by atoms with Crippen LogP contribution in [-0.2, 0) is 16.0 Å². The Hall–Kier alpha value is -1.84. The van der Waals surface area contributed by atoms with Crippen molar-refractivity contribution >= 4 is 18.0 Å². The molecule has 4 nitrogen and oxygen atoms in total. The van der Waals surface area contributed by atoms with Gasteiger partial charge in [-0.1, -0.05) is 18.2 Å². The Morgan fingerprint density at radius 2 is 2.33 bits per heavy atom. The van der Waals surface area contributed by atoms with Crippen molar-refractivity contribution in [3.05, 3.63) is 29.3 Å². The minimum Gasteiger partial charge on any atom is -0.347 e. The molecule has 15 heavy (non-hydrogen) atoms. The van der Waals surface area contributed by atoms with Crippen LogP contribution in [0.25, 0.3) is 0 Å². The third-order valence-corrected chi connectivity index (χ3v) is 2.62. The van der Waals surface area contributed by atoms with Gasteiger partial charge >= 0.3 is 0 Å². The summed E-state index contributed by atoms with van der Waals surface area (Å²) in [4.78, 5) is 21.9. The van der Waals surface area contributed by atoms with Gasteiger partial charge in [-0.05, 0) is 18.1 Å². The lowest BCUT2D eigenvalue weighted by molar-refractivity contribution is -0.121. The number of aryl methyl sites for hydroxylation is 1. The van der Waals surface area contributed by atoms with Crippen LogP contribution in [0.5, 0.6) is 0 Å². The van der Waals surface area contributed by atoms with Crippen LogP contribution < -0.4 is 10.6 Å². The fourth-order valence-corrected chi connectivity index (χ4v) is 1.82. The minimum atomic E-state index is -0.447. The van der Waals surface area contributed by atoms with Gasteiger partial charge in [0, 0.05) is 12.1 Å². The molecule has 4 heteroatoms. The molecule has 2 N–H and O–H groups in total. The number of carbonyl (C=O) groups excluding carboxylic acids is 2. The third kappa shape index (κ3) is 1.70. The van der Waals surface area contributed by atoms with Crippen LogP contribution in [0.2, 0.25) is 0 Å². The third-order valence-electron chi connectivity index (χ3n) is 2.62. The second kappa shape index (κ2) is 3.73. The predicted molar refractivity (Wildman–Crippen MR) is 56.5 cm³/mol. The molecule has 1 heterocycles. The number of fused-ring (bicyclic) bond motifs is 1. The highest BCUT2D eigenvalue weighted by molar-refractivity contribution is 5.99. The van der Waals surface area contributed by atoms with Crippen LogP contribution in [0.3, 0.4) is 0 Å². The standard InChI is InChI=1S/C11H12N2O2/c1-7-3-2-4-8-5-9(12-6-14)11(15)13-10(7)8/h2-4,6,9H,5H2,1H3,(H,12,14)(H,13,15). The van der Waals surface area contributed by atoms with Crippen molar-refractivity contribution in [1.29, 1.82) is 0 Å². The summed E-state index contributed by atoms with van der Waals surface area (Å²) in [5.74, 6) is -0.149. The van der Waals surface area contributed by atoms with E-state index < -0.39 is 6.04 Å². The Bertz CT molecular complexity index is 415. The topological polar surface area (TPSA) is 58.2 Å². The summed E-state index contributed by atoms with van der Waals surface area (Å²) in [7, 11) is 0. The molecule has 1 aliphatic rings. The van der Waals surface area contributed by atoms with Crippen molar-refractivity contribution in [1.82, 2.24) is 5.32 Å². The van der Waals surface area contributed by atoms with E-state index in [9.17, 15) is 9.59 Å². The lowest BCUT2D eigenvalue weighted by Crippen LogP contribution is -2.44. The van der Waals surface area contributed by atoms with Crippen LogP contribution in [0.4, 0.5) is 5.69 Å². The van der Waals surface area contributed by atoms with E-state index in [4.69, 9.17) is 0 Å². The Morgan fingerprint density at radius 3 is 3.07 bits per heavy atom. The normalized spacial score (nSPS) is 19.0. The molecule has 0 saturated carbocycles. The molecule has 2 rings (SSSR count). The SMILES string of the molecule is Cc1cccc2c1NC(=O)C(NC=O)C2. The number of amides is 2. The van der Waals surface area contributed by atoms with Crippen molar-refractivity contribution in [2.75, 3.05) is 5.32 Å². The van der Waals surface area contributed by atoms with Crippen molar-refractivity contribution in [2.45, 2.75) is 19.4 Å². The second-order valence-corrected chi connectivity index (χ2v) is 3.64. The Labute approximate surface area is 87.7 Å². The average molecular weight is 204 g/mol. The lowest BCUT2D eigenvalue weighted by atomic mass is 9.96. The molecule has 0 fully saturated rings. The Balaban J connectivity index is 2.33. The van der Waals surface area contributed by atoms with Crippen LogP contribution >= 0.6 is 0 Å². The van der Waals surface area contributed by atoms with Crippen LogP contribution in [-0.4, -0.2) is 18.4 Å². The van der Waals surface area contributed by atoms with Crippen molar-refractivity contribution < 1.29 is 9.59 Å². The van der Waals surface area contributed by atoms with E-state index in [1.54, 1.807) is 0 Å². The molecule has 1 aromatic rings. The van der Waals surface area contributed by atoms with Crippen molar-refractivity contribution in [2.24, 2.45) is 0 Å². The maximum absolute atomic E-state index is 11.6. The molecule has 0 radical (unpaired) electrons. The highest BCUT2D eigenvalue weighted by atomic mass is 16.2. The van der Waals surface area contributed by atoms with Gasteiger partial charge in [0.05, 0.1) is 0 Å². The number of rotatable bonds is 2. The fraction of sp³-hybridized carbons (Fsp3) is 0.273. The summed E-state index contributed by atoms with van der Waals surface area (Å²) in [5, 5.41) is 5.30. The van der Waals surface area contributed by atoms with E-state index in [1.165, 1.54) is 0 Å². The van der Waals surface area contributed by atoms with Gasteiger partial charge in [-0.3, -0.25) is 9.59 Å². The molecule has 0 bridgehead atoms. The summed E-state index contributed by atoms with van der Waals surface area (Å²) in [5.41, 5.74) is 2.99. The maximum Gasteiger partial charge on any atom is 0.247 e. The van der Waals surface area contributed by atoms with Crippen molar-refractivity contribution in [3.63, 3.8) is 0 Å². The van der Waals surface area contributed by atoms with E-state index in [2.05, 4.69) is 10.6 Å². The minimum absolute atomic E-state index is 0.149. The Kier molecular flexibility index (Phi) is 2.41. The zero-order valence-corrected chi connectivity index (χ0v) is 8.41. The molecule has 1 aliphatic heterocycles. The van der Waals surface area contributed by atoms with Crippen LogP contribution in [0.1, 0.15) is 11.1 Å². The summed E-state index contributed by atoms with van der Waals surface area (Å²) in [6.45, 7) is 1.95. The van der Waals surface area contributed by atoms with E-state index >= 15 is 0 Å². The van der Waals surface area contributed by atoms with E-state index in [0.717, 1.165) is 16.8 Å². The number of para-hydroxylation sites is 1. The molecular formula is C11H12N2O2.